The summed E-state index contributed by atoms with van der Waals surface area (Å²) in [6.45, 7) is 3.59. The van der Waals surface area contributed by atoms with Gasteiger partial charge in [-0.25, -0.2) is 9.59 Å². The molecule has 4 rings (SSSR count). The lowest BCUT2D eigenvalue weighted by molar-refractivity contribution is -0.139. The van der Waals surface area contributed by atoms with E-state index >= 15 is 0 Å². The van der Waals surface area contributed by atoms with Gasteiger partial charge in [0.1, 0.15) is 17.0 Å². The number of carboxylic acids is 3. The van der Waals surface area contributed by atoms with Crippen molar-refractivity contribution in [2.75, 3.05) is 0 Å². The Bertz CT molecular complexity index is 1520. The van der Waals surface area contributed by atoms with E-state index in [9.17, 15) is 14.4 Å². The van der Waals surface area contributed by atoms with Gasteiger partial charge in [0.25, 0.3) is 0 Å². The summed E-state index contributed by atoms with van der Waals surface area (Å²) < 4.78 is 5.51. The fourth-order valence-corrected chi connectivity index (χ4v) is 5.09. The number of unbranched alkanes of at least 4 members (excludes halogenated alkanes) is 2. The highest BCUT2D eigenvalue weighted by Gasteiger charge is 2.24. The van der Waals surface area contributed by atoms with Gasteiger partial charge in [0.2, 0.25) is 0 Å². The van der Waals surface area contributed by atoms with Crippen LogP contribution in [-0.4, -0.2) is 49.6 Å². The number of aliphatic hydroxyl groups is 1. The van der Waals surface area contributed by atoms with Gasteiger partial charge in [-0.05, 0) is 58.2 Å². The molecule has 4 aromatic rings. The van der Waals surface area contributed by atoms with E-state index in [4.69, 9.17) is 48.2 Å². The zero-order chi connectivity index (χ0) is 31.4. The highest BCUT2D eigenvalue weighted by atomic mass is 79.9. The van der Waals surface area contributed by atoms with Crippen molar-refractivity contribution >= 4 is 67.8 Å². The molecule has 0 aliphatic carbocycles. The van der Waals surface area contributed by atoms with Crippen molar-refractivity contribution in [3.63, 3.8) is 0 Å². The third kappa shape index (κ3) is 9.84. The first-order chi connectivity index (χ1) is 19.9. The Kier molecular flexibility index (Phi) is 14.0. The van der Waals surface area contributed by atoms with Crippen LogP contribution in [-0.2, 0) is 4.79 Å². The molecule has 1 atom stereocenters. The van der Waals surface area contributed by atoms with Crippen LogP contribution >= 0.6 is 39.1 Å². The van der Waals surface area contributed by atoms with Crippen LogP contribution in [0.3, 0.4) is 0 Å². The molecule has 0 aliphatic heterocycles. The minimum Gasteiger partial charge on any atom is -0.481 e. The molecule has 0 radical (unpaired) electrons. The molecule has 9 nitrogen and oxygen atoms in total. The molecule has 12 heteroatoms. The third-order valence-electron chi connectivity index (χ3n) is 5.92. The SMILES string of the molecule is CCCCCC(O)CC(=O)O.Cc1onc(-c2c(Cl)cccc2Cl)c1C(=O)O.O=C(O)c1ccc2ccccc2c1Br. The zero-order valence-electron chi connectivity index (χ0n) is 22.8. The predicted molar refractivity (Wildman–Crippen MR) is 165 cm³/mol. The summed E-state index contributed by atoms with van der Waals surface area (Å²) in [5.74, 6) is -2.75. The summed E-state index contributed by atoms with van der Waals surface area (Å²) in [5.41, 5.74) is 0.777. The second-order valence-corrected chi connectivity index (χ2v) is 10.7. The van der Waals surface area contributed by atoms with E-state index in [2.05, 4.69) is 28.0 Å². The Morgan fingerprint density at radius 1 is 0.929 bits per heavy atom. The van der Waals surface area contributed by atoms with E-state index in [1.807, 2.05) is 30.3 Å². The summed E-state index contributed by atoms with van der Waals surface area (Å²) >= 11 is 15.3. The van der Waals surface area contributed by atoms with Crippen molar-refractivity contribution in [2.24, 2.45) is 0 Å². The average molecular weight is 683 g/mol. The lowest BCUT2D eigenvalue weighted by Gasteiger charge is -2.05. The number of aryl methyl sites for hydroxylation is 1. The van der Waals surface area contributed by atoms with Crippen molar-refractivity contribution in [1.82, 2.24) is 5.16 Å². The molecule has 1 unspecified atom stereocenters. The number of rotatable bonds is 9. The molecule has 0 saturated carbocycles. The highest BCUT2D eigenvalue weighted by molar-refractivity contribution is 9.10. The lowest BCUT2D eigenvalue weighted by atomic mass is 10.1. The van der Waals surface area contributed by atoms with Crippen LogP contribution in [0.5, 0.6) is 0 Å². The third-order valence-corrected chi connectivity index (χ3v) is 7.41. The van der Waals surface area contributed by atoms with Crippen molar-refractivity contribution in [2.45, 2.75) is 52.1 Å². The van der Waals surface area contributed by atoms with Crippen LogP contribution in [0.15, 0.2) is 63.6 Å². The van der Waals surface area contributed by atoms with E-state index in [0.717, 1.165) is 30.0 Å². The molecule has 42 heavy (non-hydrogen) atoms. The summed E-state index contributed by atoms with van der Waals surface area (Å²) in [7, 11) is 0. The second-order valence-electron chi connectivity index (χ2n) is 9.07. The van der Waals surface area contributed by atoms with Gasteiger partial charge in [0.15, 0.2) is 0 Å². The predicted octanol–water partition coefficient (Wildman–Crippen LogP) is 8.36. The van der Waals surface area contributed by atoms with E-state index < -0.39 is 24.0 Å². The number of carbonyl (C=O) groups is 3. The number of aliphatic carboxylic acids is 1. The Morgan fingerprint density at radius 2 is 1.57 bits per heavy atom. The van der Waals surface area contributed by atoms with Crippen molar-refractivity contribution in [3.8, 4) is 11.3 Å². The first-order valence-corrected chi connectivity index (χ1v) is 14.4. The molecular formula is C30H30BrCl2NO8. The van der Waals surface area contributed by atoms with Gasteiger partial charge in [-0.15, -0.1) is 0 Å². The standard InChI is InChI=1S/C11H7BrO2.C11H7Cl2NO3.C8H16O3/c12-10-8-4-2-1-3-7(8)5-6-9(10)11(13)14;1-5-8(11(15)16)10(14-17-5)9-6(12)3-2-4-7(9)13;1-2-3-4-5-7(9)6-8(10)11/h1-6H,(H,13,14);2-4H,1H3,(H,15,16);7,9H,2-6H2,1H3,(H,10,11). The average Bonchev–Trinajstić information content (AvgIpc) is 3.30. The first kappa shape index (κ1) is 34.8. The number of carboxylic acid groups (broad SMARTS) is 3. The van der Waals surface area contributed by atoms with Gasteiger partial charge >= 0.3 is 17.9 Å². The van der Waals surface area contributed by atoms with Crippen LogP contribution in [0.2, 0.25) is 10.0 Å². The van der Waals surface area contributed by atoms with E-state index in [1.165, 1.54) is 6.92 Å². The van der Waals surface area contributed by atoms with Gasteiger partial charge in [-0.2, -0.15) is 0 Å². The maximum absolute atomic E-state index is 11.1. The van der Waals surface area contributed by atoms with Crippen molar-refractivity contribution in [1.29, 1.82) is 0 Å². The number of hydrogen-bond acceptors (Lipinski definition) is 6. The highest BCUT2D eigenvalue weighted by Crippen LogP contribution is 2.36. The summed E-state index contributed by atoms with van der Waals surface area (Å²) in [4.78, 5) is 32.0. The number of hydrogen-bond donors (Lipinski definition) is 4. The molecular weight excluding hydrogens is 653 g/mol. The number of benzene rings is 3. The summed E-state index contributed by atoms with van der Waals surface area (Å²) in [6.07, 6.45) is 2.92. The number of halogens is 3. The van der Waals surface area contributed by atoms with Gasteiger partial charge in [-0.3, -0.25) is 4.79 Å². The van der Waals surface area contributed by atoms with Gasteiger partial charge in [0, 0.05) is 10.0 Å². The maximum atomic E-state index is 11.1. The molecule has 0 amide bonds. The van der Waals surface area contributed by atoms with E-state index in [0.29, 0.717) is 32.1 Å². The molecule has 3 aromatic carbocycles. The van der Waals surface area contributed by atoms with E-state index in [1.54, 1.807) is 24.3 Å². The lowest BCUT2D eigenvalue weighted by Crippen LogP contribution is -2.12. The molecule has 224 valence electrons. The number of nitrogens with zero attached hydrogens (tertiary/aromatic N) is 1. The smallest absolute Gasteiger partial charge is 0.341 e. The Labute approximate surface area is 260 Å². The minimum atomic E-state index is -1.13. The van der Waals surface area contributed by atoms with E-state index in [-0.39, 0.29) is 23.4 Å². The normalized spacial score (nSPS) is 11.1. The second kappa shape index (κ2) is 16.9. The molecule has 0 fully saturated rings. The summed E-state index contributed by atoms with van der Waals surface area (Å²) in [6, 6.07) is 16.0. The Morgan fingerprint density at radius 3 is 2.14 bits per heavy atom. The Balaban J connectivity index is 0.000000226. The Hall–Kier alpha value is -3.44. The maximum Gasteiger partial charge on any atom is 0.341 e. The zero-order valence-corrected chi connectivity index (χ0v) is 25.9. The fourth-order valence-electron chi connectivity index (χ4n) is 3.85. The molecule has 0 aliphatic rings. The molecule has 1 aromatic heterocycles. The number of fused-ring (bicyclic) bond motifs is 1. The first-order valence-electron chi connectivity index (χ1n) is 12.8. The number of aromatic nitrogens is 1. The van der Waals surface area contributed by atoms with Crippen LogP contribution in [0.4, 0.5) is 0 Å². The van der Waals surface area contributed by atoms with Gasteiger partial charge in [0.05, 0.1) is 28.1 Å². The minimum absolute atomic E-state index is 0.0278. The molecule has 1 heterocycles. The van der Waals surface area contributed by atoms with Gasteiger partial charge in [-0.1, -0.05) is 90.9 Å². The largest absolute Gasteiger partial charge is 0.481 e. The van der Waals surface area contributed by atoms with Crippen LogP contribution < -0.4 is 0 Å². The van der Waals surface area contributed by atoms with Crippen LogP contribution in [0, 0.1) is 6.92 Å². The van der Waals surface area contributed by atoms with Gasteiger partial charge < -0.3 is 24.9 Å². The molecule has 0 bridgehead atoms. The van der Waals surface area contributed by atoms with Crippen LogP contribution in [0.25, 0.3) is 22.0 Å². The van der Waals surface area contributed by atoms with Crippen LogP contribution in [0.1, 0.15) is 65.5 Å². The van der Waals surface area contributed by atoms with Crippen molar-refractivity contribution < 1.29 is 39.3 Å². The molecule has 0 saturated heterocycles. The molecule has 0 spiro atoms. The summed E-state index contributed by atoms with van der Waals surface area (Å²) in [5, 5.41) is 41.6. The topological polar surface area (TPSA) is 158 Å². The quantitative estimate of drug-likeness (QED) is 0.127. The number of aliphatic hydroxyl groups excluding tert-OH is 1. The van der Waals surface area contributed by atoms with Crippen molar-refractivity contribution in [3.05, 3.63) is 86.0 Å². The number of aromatic carboxylic acids is 2. The molecule has 4 N–H and O–H groups in total. The monoisotopic (exact) mass is 681 g/mol. The fraction of sp³-hybridized carbons (Fsp3) is 0.267.